The summed E-state index contributed by atoms with van der Waals surface area (Å²) in [5.41, 5.74) is 2.46. The zero-order valence-corrected chi connectivity index (χ0v) is 19.6. The molecule has 0 radical (unpaired) electrons. The van der Waals surface area contributed by atoms with Crippen molar-refractivity contribution in [2.45, 2.75) is 84.3 Å². The summed E-state index contributed by atoms with van der Waals surface area (Å²) in [4.78, 5) is 24.2. The highest BCUT2D eigenvalue weighted by atomic mass is 16.5. The van der Waals surface area contributed by atoms with Crippen LogP contribution in [-0.2, 0) is 14.3 Å². The highest BCUT2D eigenvalue weighted by Crippen LogP contribution is 2.65. The molecule has 0 saturated heterocycles. The van der Waals surface area contributed by atoms with Crippen molar-refractivity contribution in [3.8, 4) is 0 Å². The summed E-state index contributed by atoms with van der Waals surface area (Å²) >= 11 is 0. The Hall–Kier alpha value is -2.10. The van der Waals surface area contributed by atoms with E-state index in [1.807, 2.05) is 30.3 Å². The number of rotatable bonds is 3. The standard InChI is InChI=1S/C28H36O4/c1-18(29)31-21-13-15-27(2)20(17-21)9-10-22-23-11-12-25(28(23,3)16-14-24(22)27)32-26(30)19-7-5-4-6-8-19/h4-9,21-25H,10-17H2,1-3H3/t21-,22-,23+,24-,25-,27+,28+/m1/s1. The summed E-state index contributed by atoms with van der Waals surface area (Å²) < 4.78 is 11.7. The molecule has 7 atom stereocenters. The highest BCUT2D eigenvalue weighted by Gasteiger charge is 2.59. The molecule has 5 rings (SSSR count). The van der Waals surface area contributed by atoms with Crippen LogP contribution >= 0.6 is 0 Å². The second kappa shape index (κ2) is 8.04. The summed E-state index contributed by atoms with van der Waals surface area (Å²) in [6.45, 7) is 6.36. The van der Waals surface area contributed by atoms with Gasteiger partial charge in [0.1, 0.15) is 12.2 Å². The number of hydrogen-bond donors (Lipinski definition) is 0. The van der Waals surface area contributed by atoms with Gasteiger partial charge in [0.05, 0.1) is 5.56 Å². The van der Waals surface area contributed by atoms with Crippen molar-refractivity contribution in [1.29, 1.82) is 0 Å². The first-order valence-corrected chi connectivity index (χ1v) is 12.4. The lowest BCUT2D eigenvalue weighted by atomic mass is 9.48. The summed E-state index contributed by atoms with van der Waals surface area (Å²) in [6, 6.07) is 9.40. The number of allylic oxidation sites excluding steroid dienone is 1. The van der Waals surface area contributed by atoms with E-state index >= 15 is 0 Å². The molecule has 0 amide bonds. The quantitative estimate of drug-likeness (QED) is 0.424. The number of carbonyl (C=O) groups is 2. The Morgan fingerprint density at radius 3 is 2.47 bits per heavy atom. The highest BCUT2D eigenvalue weighted by molar-refractivity contribution is 5.89. The van der Waals surface area contributed by atoms with Gasteiger partial charge in [-0.2, -0.15) is 0 Å². The lowest BCUT2D eigenvalue weighted by Gasteiger charge is -2.57. The predicted molar refractivity (Wildman–Crippen MR) is 123 cm³/mol. The molecule has 4 heteroatoms. The van der Waals surface area contributed by atoms with Crippen LogP contribution in [0.5, 0.6) is 0 Å². The van der Waals surface area contributed by atoms with Crippen molar-refractivity contribution in [3.63, 3.8) is 0 Å². The summed E-state index contributed by atoms with van der Waals surface area (Å²) in [5.74, 6) is 1.61. The van der Waals surface area contributed by atoms with Crippen molar-refractivity contribution in [2.75, 3.05) is 0 Å². The van der Waals surface area contributed by atoms with Gasteiger partial charge in [-0.25, -0.2) is 4.79 Å². The van der Waals surface area contributed by atoms with E-state index in [1.54, 1.807) is 0 Å². The molecule has 32 heavy (non-hydrogen) atoms. The minimum Gasteiger partial charge on any atom is -0.462 e. The molecule has 3 fully saturated rings. The fourth-order valence-electron chi connectivity index (χ4n) is 7.88. The van der Waals surface area contributed by atoms with Crippen LogP contribution in [0.4, 0.5) is 0 Å². The van der Waals surface area contributed by atoms with Crippen LogP contribution in [0.1, 0.15) is 82.5 Å². The summed E-state index contributed by atoms with van der Waals surface area (Å²) in [5, 5.41) is 0. The topological polar surface area (TPSA) is 52.6 Å². The molecule has 4 nitrogen and oxygen atoms in total. The van der Waals surface area contributed by atoms with Crippen LogP contribution in [0.2, 0.25) is 0 Å². The number of carbonyl (C=O) groups excluding carboxylic acids is 2. The minimum atomic E-state index is -0.179. The van der Waals surface area contributed by atoms with Gasteiger partial charge < -0.3 is 9.47 Å². The molecular formula is C28H36O4. The smallest absolute Gasteiger partial charge is 0.338 e. The Kier molecular flexibility index (Phi) is 5.46. The third kappa shape index (κ3) is 3.50. The molecule has 0 aliphatic heterocycles. The molecular weight excluding hydrogens is 400 g/mol. The maximum absolute atomic E-state index is 12.8. The van der Waals surface area contributed by atoms with Gasteiger partial charge in [0.25, 0.3) is 0 Å². The maximum atomic E-state index is 12.8. The van der Waals surface area contributed by atoms with Crippen molar-refractivity contribution < 1.29 is 19.1 Å². The van der Waals surface area contributed by atoms with E-state index in [4.69, 9.17) is 9.47 Å². The minimum absolute atomic E-state index is 0.0130. The van der Waals surface area contributed by atoms with Crippen molar-refractivity contribution in [2.24, 2.45) is 28.6 Å². The molecule has 172 valence electrons. The van der Waals surface area contributed by atoms with Gasteiger partial charge in [0, 0.05) is 18.8 Å². The van der Waals surface area contributed by atoms with Gasteiger partial charge in [-0.1, -0.05) is 43.7 Å². The maximum Gasteiger partial charge on any atom is 0.338 e. The lowest BCUT2D eigenvalue weighted by molar-refractivity contribution is -0.148. The summed E-state index contributed by atoms with van der Waals surface area (Å²) in [6.07, 6.45) is 11.1. The molecule has 0 aromatic heterocycles. The van der Waals surface area contributed by atoms with E-state index in [0.717, 1.165) is 44.9 Å². The molecule has 4 aliphatic carbocycles. The van der Waals surface area contributed by atoms with Gasteiger partial charge in [-0.15, -0.1) is 0 Å². The van der Waals surface area contributed by atoms with Crippen LogP contribution in [0.15, 0.2) is 42.0 Å². The van der Waals surface area contributed by atoms with E-state index in [1.165, 1.54) is 18.9 Å². The SMILES string of the molecule is CC(=O)O[C@@H]1CC[C@@]2(C)C(=CC[C@H]3[C@H]2CC[C@]2(C)[C@H](OC(=O)c4ccccc4)CC[C@@H]32)C1. The van der Waals surface area contributed by atoms with Gasteiger partial charge in [-0.3, -0.25) is 4.79 Å². The van der Waals surface area contributed by atoms with Crippen LogP contribution in [0, 0.1) is 28.6 Å². The number of ether oxygens (including phenoxy) is 2. The number of fused-ring (bicyclic) bond motifs is 5. The normalized spacial score (nSPS) is 40.3. The van der Waals surface area contributed by atoms with Gasteiger partial charge in [0.15, 0.2) is 0 Å². The molecule has 1 aromatic rings. The fourth-order valence-corrected chi connectivity index (χ4v) is 7.88. The van der Waals surface area contributed by atoms with E-state index in [0.29, 0.717) is 23.3 Å². The Bertz CT molecular complexity index is 921. The van der Waals surface area contributed by atoms with E-state index in [2.05, 4.69) is 19.9 Å². The Morgan fingerprint density at radius 1 is 0.938 bits per heavy atom. The van der Waals surface area contributed by atoms with E-state index < -0.39 is 0 Å². The Labute approximate surface area is 191 Å². The number of hydrogen-bond acceptors (Lipinski definition) is 4. The number of benzene rings is 1. The lowest BCUT2D eigenvalue weighted by Crippen LogP contribution is -2.51. The second-order valence-electron chi connectivity index (χ2n) is 11.1. The fraction of sp³-hybridized carbons (Fsp3) is 0.643. The zero-order valence-electron chi connectivity index (χ0n) is 19.6. The third-order valence-corrected chi connectivity index (χ3v) is 9.56. The van der Waals surface area contributed by atoms with Crippen LogP contribution in [-0.4, -0.2) is 24.1 Å². The first-order chi connectivity index (χ1) is 15.3. The average Bonchev–Trinajstić information content (AvgIpc) is 3.10. The molecule has 4 aliphatic rings. The van der Waals surface area contributed by atoms with Crippen LogP contribution < -0.4 is 0 Å². The third-order valence-electron chi connectivity index (χ3n) is 9.56. The molecule has 0 bridgehead atoms. The van der Waals surface area contributed by atoms with E-state index in [9.17, 15) is 9.59 Å². The predicted octanol–water partition coefficient (Wildman–Crippen LogP) is 6.11. The first kappa shape index (κ1) is 21.7. The van der Waals surface area contributed by atoms with Gasteiger partial charge in [-0.05, 0) is 80.2 Å². The Morgan fingerprint density at radius 2 is 1.72 bits per heavy atom. The first-order valence-electron chi connectivity index (χ1n) is 12.4. The summed E-state index contributed by atoms with van der Waals surface area (Å²) in [7, 11) is 0. The van der Waals surface area contributed by atoms with Crippen molar-refractivity contribution in [3.05, 3.63) is 47.5 Å². The largest absolute Gasteiger partial charge is 0.462 e. The molecule has 0 spiro atoms. The van der Waals surface area contributed by atoms with Crippen LogP contribution in [0.3, 0.4) is 0 Å². The van der Waals surface area contributed by atoms with Gasteiger partial charge in [0.2, 0.25) is 0 Å². The molecule has 1 aromatic carbocycles. The van der Waals surface area contributed by atoms with Crippen molar-refractivity contribution >= 4 is 11.9 Å². The Balaban J connectivity index is 1.33. The molecule has 3 saturated carbocycles. The second-order valence-corrected chi connectivity index (χ2v) is 11.1. The zero-order chi connectivity index (χ0) is 22.5. The monoisotopic (exact) mass is 436 g/mol. The van der Waals surface area contributed by atoms with Gasteiger partial charge >= 0.3 is 11.9 Å². The molecule has 0 N–H and O–H groups in total. The number of esters is 2. The molecule has 0 heterocycles. The molecule has 0 unspecified atom stereocenters. The van der Waals surface area contributed by atoms with Crippen LogP contribution in [0.25, 0.3) is 0 Å². The van der Waals surface area contributed by atoms with Crippen molar-refractivity contribution in [1.82, 2.24) is 0 Å². The van der Waals surface area contributed by atoms with E-state index in [-0.39, 0.29) is 35.0 Å². The average molecular weight is 437 g/mol.